The molecule has 2 fully saturated rings. The van der Waals surface area contributed by atoms with Gasteiger partial charge in [0.25, 0.3) is 0 Å². The van der Waals surface area contributed by atoms with Crippen LogP contribution in [0.1, 0.15) is 26.7 Å². The Bertz CT molecular complexity index is 864. The van der Waals surface area contributed by atoms with Crippen LogP contribution in [0.3, 0.4) is 0 Å². The number of hydrogen-bond donors (Lipinski definition) is 1. The van der Waals surface area contributed by atoms with Crippen molar-refractivity contribution in [3.8, 4) is 5.75 Å². The molecule has 2 amide bonds. The van der Waals surface area contributed by atoms with Crippen LogP contribution in [0, 0.1) is 5.92 Å². The summed E-state index contributed by atoms with van der Waals surface area (Å²) in [5, 5.41) is 3.30. The number of carbonyl (C=O) groups is 3. The van der Waals surface area contributed by atoms with Gasteiger partial charge in [-0.1, -0.05) is 18.5 Å². The predicted molar refractivity (Wildman–Crippen MR) is 118 cm³/mol. The summed E-state index contributed by atoms with van der Waals surface area (Å²) in [6.45, 7) is 5.74. The fourth-order valence-electron chi connectivity index (χ4n) is 4.57. The number of amides is 2. The molecule has 0 bridgehead atoms. The molecule has 3 rings (SSSR count). The van der Waals surface area contributed by atoms with Crippen molar-refractivity contribution in [1.29, 1.82) is 0 Å². The van der Waals surface area contributed by atoms with Crippen molar-refractivity contribution < 1.29 is 23.9 Å². The zero-order valence-electron chi connectivity index (χ0n) is 18.4. The second-order valence-electron chi connectivity index (χ2n) is 8.41. The molecule has 3 atom stereocenters. The van der Waals surface area contributed by atoms with Crippen molar-refractivity contribution in [3.05, 3.63) is 23.2 Å². The van der Waals surface area contributed by atoms with E-state index in [0.29, 0.717) is 30.4 Å². The molecule has 31 heavy (non-hydrogen) atoms. The van der Waals surface area contributed by atoms with E-state index >= 15 is 0 Å². The maximum absolute atomic E-state index is 13.2. The lowest BCUT2D eigenvalue weighted by Gasteiger charge is -2.42. The van der Waals surface area contributed by atoms with Crippen molar-refractivity contribution in [2.24, 2.45) is 5.92 Å². The smallest absolute Gasteiger partial charge is 0.228 e. The van der Waals surface area contributed by atoms with Gasteiger partial charge in [0.15, 0.2) is 5.78 Å². The Balaban J connectivity index is 1.66. The van der Waals surface area contributed by atoms with Gasteiger partial charge in [0.1, 0.15) is 11.3 Å². The lowest BCUT2D eigenvalue weighted by Crippen LogP contribution is -2.57. The Labute approximate surface area is 187 Å². The van der Waals surface area contributed by atoms with Crippen molar-refractivity contribution in [2.45, 2.75) is 38.3 Å². The van der Waals surface area contributed by atoms with Crippen molar-refractivity contribution in [3.63, 3.8) is 0 Å². The lowest BCUT2D eigenvalue weighted by molar-refractivity contribution is -0.137. The summed E-state index contributed by atoms with van der Waals surface area (Å²) in [5.74, 6) is -0.363. The minimum Gasteiger partial charge on any atom is -0.495 e. The predicted octanol–water partition coefficient (Wildman–Crippen LogP) is 1.89. The second kappa shape index (κ2) is 9.44. The molecular formula is C22H30ClN3O5. The van der Waals surface area contributed by atoms with E-state index < -0.39 is 11.5 Å². The van der Waals surface area contributed by atoms with E-state index in [0.717, 1.165) is 5.69 Å². The third-order valence-electron chi connectivity index (χ3n) is 6.11. The number of nitrogens with one attached hydrogen (secondary N) is 1. The molecule has 9 heteroatoms. The van der Waals surface area contributed by atoms with Crippen molar-refractivity contribution >= 4 is 34.9 Å². The quantitative estimate of drug-likeness (QED) is 0.637. The molecule has 170 valence electrons. The Morgan fingerprint density at radius 2 is 2.06 bits per heavy atom. The molecule has 0 unspecified atom stereocenters. The van der Waals surface area contributed by atoms with E-state index in [1.807, 2.05) is 23.1 Å². The summed E-state index contributed by atoms with van der Waals surface area (Å²) in [5.41, 5.74) is -0.124. The molecule has 8 nitrogen and oxygen atoms in total. The molecule has 2 saturated heterocycles. The van der Waals surface area contributed by atoms with Gasteiger partial charge in [-0.05, 0) is 25.5 Å². The van der Waals surface area contributed by atoms with Crippen LogP contribution in [-0.4, -0.2) is 74.5 Å². The topological polar surface area (TPSA) is 88.2 Å². The molecule has 2 aliphatic rings. The van der Waals surface area contributed by atoms with Gasteiger partial charge in [-0.15, -0.1) is 0 Å². The Morgan fingerprint density at radius 1 is 1.32 bits per heavy atom. The van der Waals surface area contributed by atoms with E-state index in [1.54, 1.807) is 14.0 Å². The highest BCUT2D eigenvalue weighted by Gasteiger charge is 2.48. The van der Waals surface area contributed by atoms with Crippen LogP contribution in [0.2, 0.25) is 5.02 Å². The lowest BCUT2D eigenvalue weighted by atomic mass is 9.85. The first-order valence-electron chi connectivity index (χ1n) is 10.4. The number of ether oxygens (including phenoxy) is 2. The maximum atomic E-state index is 13.2. The molecule has 0 aliphatic carbocycles. The fraction of sp³-hybridized carbons (Fsp3) is 0.591. The molecule has 2 aliphatic heterocycles. The van der Waals surface area contributed by atoms with E-state index in [2.05, 4.69) is 17.1 Å². The van der Waals surface area contributed by atoms with Gasteiger partial charge in [0.05, 0.1) is 25.2 Å². The highest BCUT2D eigenvalue weighted by molar-refractivity contribution is 6.32. The van der Waals surface area contributed by atoms with E-state index in [4.69, 9.17) is 21.1 Å². The molecular weight excluding hydrogens is 422 g/mol. The van der Waals surface area contributed by atoms with Crippen LogP contribution in [0.15, 0.2) is 18.2 Å². The van der Waals surface area contributed by atoms with Gasteiger partial charge >= 0.3 is 0 Å². The summed E-state index contributed by atoms with van der Waals surface area (Å²) in [7, 11) is 3.07. The summed E-state index contributed by atoms with van der Waals surface area (Å²) in [6.07, 6.45) is 0.0672. The van der Waals surface area contributed by atoms with Gasteiger partial charge in [-0.2, -0.15) is 0 Å². The average Bonchev–Trinajstić information content (AvgIpc) is 3.00. The van der Waals surface area contributed by atoms with Crippen LogP contribution < -0.4 is 15.0 Å². The average molecular weight is 452 g/mol. The number of rotatable bonds is 7. The van der Waals surface area contributed by atoms with Crippen LogP contribution in [0.4, 0.5) is 5.69 Å². The van der Waals surface area contributed by atoms with Crippen LogP contribution in [-0.2, 0) is 19.1 Å². The third kappa shape index (κ3) is 4.80. The number of carbonyl (C=O) groups excluding carboxylic acids is 3. The molecule has 1 N–H and O–H groups in total. The Hall–Kier alpha value is -2.32. The number of anilines is 1. The third-order valence-corrected chi connectivity index (χ3v) is 6.42. The zero-order valence-corrected chi connectivity index (χ0v) is 19.2. The minimum absolute atomic E-state index is 0.0235. The Morgan fingerprint density at radius 3 is 2.65 bits per heavy atom. The Kier molecular flexibility index (Phi) is 7.11. The second-order valence-corrected chi connectivity index (χ2v) is 8.82. The zero-order chi connectivity index (χ0) is 22.8. The number of nitrogens with zero attached hydrogens (tertiary/aromatic N) is 2. The number of piperazine rings is 1. The monoisotopic (exact) mass is 451 g/mol. The summed E-state index contributed by atoms with van der Waals surface area (Å²) >= 11 is 6.14. The van der Waals surface area contributed by atoms with Gasteiger partial charge in [0, 0.05) is 50.5 Å². The van der Waals surface area contributed by atoms with E-state index in [1.165, 1.54) is 7.11 Å². The first-order chi connectivity index (χ1) is 14.7. The fourth-order valence-corrected chi connectivity index (χ4v) is 4.77. The number of ketones is 1. The summed E-state index contributed by atoms with van der Waals surface area (Å²) in [6, 6.07) is 5.76. The van der Waals surface area contributed by atoms with Crippen LogP contribution in [0.25, 0.3) is 0 Å². The number of hydrogen-bond acceptors (Lipinski definition) is 6. The molecule has 0 aromatic heterocycles. The van der Waals surface area contributed by atoms with Crippen LogP contribution >= 0.6 is 11.6 Å². The van der Waals surface area contributed by atoms with Gasteiger partial charge in [-0.3, -0.25) is 14.4 Å². The van der Waals surface area contributed by atoms with E-state index in [9.17, 15) is 14.4 Å². The summed E-state index contributed by atoms with van der Waals surface area (Å²) < 4.78 is 10.5. The van der Waals surface area contributed by atoms with Crippen molar-refractivity contribution in [2.75, 3.05) is 45.4 Å². The van der Waals surface area contributed by atoms with Gasteiger partial charge < -0.3 is 24.6 Å². The highest BCUT2D eigenvalue weighted by atomic mass is 35.5. The van der Waals surface area contributed by atoms with Gasteiger partial charge in [-0.25, -0.2) is 0 Å². The maximum Gasteiger partial charge on any atom is 0.228 e. The molecule has 0 saturated carbocycles. The normalized spacial score (nSPS) is 24.9. The number of Topliss-reactive ketones (excluding diaryl/α,β-unsaturated/α-hetero) is 1. The van der Waals surface area contributed by atoms with Crippen molar-refractivity contribution in [1.82, 2.24) is 10.2 Å². The highest BCUT2D eigenvalue weighted by Crippen LogP contribution is 2.32. The number of benzene rings is 1. The molecule has 1 aromatic carbocycles. The van der Waals surface area contributed by atoms with E-state index in [-0.39, 0.29) is 43.1 Å². The molecule has 0 spiro atoms. The SMILES string of the molecule is COC[C@]1(C[C@H](C)C(=O)N2CCN(c3ccc(Cl)c(OC)c3)[C@@H](C)C2)NC(=O)CC1=O. The largest absolute Gasteiger partial charge is 0.495 e. The number of methoxy groups -OCH3 is 2. The van der Waals surface area contributed by atoms with Gasteiger partial charge in [0.2, 0.25) is 11.8 Å². The molecule has 2 heterocycles. The first kappa shape index (κ1) is 23.3. The minimum atomic E-state index is -1.12. The first-order valence-corrected chi connectivity index (χ1v) is 10.8. The standard InChI is InChI=1S/C22H30ClN3O5/c1-14(11-22(13-30-3)19(27)10-20(28)24-22)21(29)25-7-8-26(15(2)12-25)16-5-6-17(23)18(9-16)31-4/h5-6,9,14-15H,7-8,10-13H2,1-4H3,(H,24,28)/t14-,15-,22-/m0/s1. The summed E-state index contributed by atoms with van der Waals surface area (Å²) in [4.78, 5) is 41.4. The molecule has 0 radical (unpaired) electrons. The molecule has 1 aromatic rings. The van der Waals surface area contributed by atoms with Crippen LogP contribution in [0.5, 0.6) is 5.75 Å². The number of halogens is 1.